The number of anilines is 1. The van der Waals surface area contributed by atoms with Crippen molar-refractivity contribution in [2.75, 3.05) is 12.3 Å². The molecule has 4 N–H and O–H groups in total. The van der Waals surface area contributed by atoms with E-state index in [-0.39, 0.29) is 18.8 Å². The number of halogens is 1. The molecule has 0 bridgehead atoms. The van der Waals surface area contributed by atoms with Gasteiger partial charge < -0.3 is 20.7 Å². The fourth-order valence-electron chi connectivity index (χ4n) is 1.71. The summed E-state index contributed by atoms with van der Waals surface area (Å²) < 4.78 is 7.27. The summed E-state index contributed by atoms with van der Waals surface area (Å²) in [6.45, 7) is -0.286. The summed E-state index contributed by atoms with van der Waals surface area (Å²) in [4.78, 5) is 15.3. The summed E-state index contributed by atoms with van der Waals surface area (Å²) in [6.07, 6.45) is -0.291. The van der Waals surface area contributed by atoms with E-state index in [2.05, 4.69) is 4.98 Å². The molecule has 17 heavy (non-hydrogen) atoms. The van der Waals surface area contributed by atoms with Gasteiger partial charge in [0.2, 0.25) is 0 Å². The van der Waals surface area contributed by atoms with E-state index in [1.54, 1.807) is 0 Å². The van der Waals surface area contributed by atoms with E-state index < -0.39 is 24.1 Å². The Labute approximate surface area is 110 Å². The number of hydrogen-bond donors (Lipinski definition) is 3. The lowest BCUT2D eigenvalue weighted by atomic mass is 10.2. The minimum atomic E-state index is -0.785. The fourth-order valence-corrected chi connectivity index (χ4v) is 2.13. The van der Waals surface area contributed by atoms with Crippen LogP contribution >= 0.6 is 22.6 Å². The highest BCUT2D eigenvalue weighted by Gasteiger charge is 2.35. The third kappa shape index (κ3) is 2.44. The Morgan fingerprint density at radius 3 is 3.00 bits per heavy atom. The van der Waals surface area contributed by atoms with Gasteiger partial charge in [-0.25, -0.2) is 4.79 Å². The van der Waals surface area contributed by atoms with Gasteiger partial charge in [0.05, 0.1) is 16.3 Å². The smallest absolute Gasteiger partial charge is 0.351 e. The van der Waals surface area contributed by atoms with Gasteiger partial charge in [0, 0.05) is 12.6 Å². The lowest BCUT2D eigenvalue weighted by molar-refractivity contribution is -0.0459. The number of rotatable bonds is 2. The summed E-state index contributed by atoms with van der Waals surface area (Å²) >= 11 is 1.96. The third-order valence-corrected chi connectivity index (χ3v) is 3.46. The zero-order valence-electron chi connectivity index (χ0n) is 8.78. The Morgan fingerprint density at radius 1 is 1.71 bits per heavy atom. The number of nitrogens with two attached hydrogens (primary N) is 1. The van der Waals surface area contributed by atoms with Gasteiger partial charge in [-0.15, -0.1) is 0 Å². The molecule has 2 rings (SSSR count). The molecule has 1 fully saturated rings. The topological polar surface area (TPSA) is 111 Å². The Balaban J connectivity index is 2.30. The van der Waals surface area contributed by atoms with Crippen LogP contribution in [0, 0.1) is 3.57 Å². The molecule has 0 aliphatic carbocycles. The number of aromatic nitrogens is 2. The molecular weight excluding hydrogens is 341 g/mol. The highest BCUT2D eigenvalue weighted by Crippen LogP contribution is 2.27. The number of ether oxygens (including phenoxy) is 1. The molecule has 0 amide bonds. The van der Waals surface area contributed by atoms with E-state index in [9.17, 15) is 9.90 Å². The average molecular weight is 353 g/mol. The van der Waals surface area contributed by atoms with Crippen LogP contribution in [0.1, 0.15) is 12.6 Å². The van der Waals surface area contributed by atoms with Crippen LogP contribution in [0.25, 0.3) is 0 Å². The van der Waals surface area contributed by atoms with Crippen LogP contribution in [-0.4, -0.2) is 38.6 Å². The normalized spacial score (nSPS) is 28.5. The monoisotopic (exact) mass is 353 g/mol. The maximum absolute atomic E-state index is 11.6. The highest BCUT2D eigenvalue weighted by molar-refractivity contribution is 14.1. The van der Waals surface area contributed by atoms with E-state index >= 15 is 0 Å². The quantitative estimate of drug-likeness (QED) is 0.593. The summed E-state index contributed by atoms with van der Waals surface area (Å²) in [6, 6.07) is 0. The molecule has 1 aromatic heterocycles. The molecule has 0 saturated carbocycles. The van der Waals surface area contributed by atoms with Gasteiger partial charge in [0.15, 0.2) is 0 Å². The summed E-state index contributed by atoms with van der Waals surface area (Å²) in [7, 11) is 0. The van der Waals surface area contributed by atoms with Gasteiger partial charge in [-0.2, -0.15) is 4.98 Å². The molecule has 1 aliphatic rings. The summed E-state index contributed by atoms with van der Waals surface area (Å²) in [5.41, 5.74) is 4.98. The van der Waals surface area contributed by atoms with Gasteiger partial charge in [0.1, 0.15) is 18.1 Å². The maximum Gasteiger partial charge on any atom is 0.351 e. The van der Waals surface area contributed by atoms with Crippen LogP contribution < -0.4 is 11.4 Å². The van der Waals surface area contributed by atoms with Crippen molar-refractivity contribution in [2.45, 2.75) is 24.9 Å². The molecule has 0 spiro atoms. The maximum atomic E-state index is 11.6. The molecule has 1 aromatic rings. The second kappa shape index (κ2) is 4.88. The SMILES string of the molecule is Nc1nc(=O)n([C@H]2C[C@@H](O)C(CO)O2)cc1I. The first-order valence-electron chi connectivity index (χ1n) is 5.01. The molecule has 1 saturated heterocycles. The molecular formula is C9H12IN3O4. The Hall–Kier alpha value is -0.710. The predicted octanol–water partition coefficient (Wildman–Crippen LogP) is -0.929. The number of nitrogen functional groups attached to an aromatic ring is 1. The van der Waals surface area contributed by atoms with Gasteiger partial charge in [0.25, 0.3) is 0 Å². The van der Waals surface area contributed by atoms with Gasteiger partial charge in [-0.3, -0.25) is 4.57 Å². The van der Waals surface area contributed by atoms with Crippen molar-refractivity contribution in [1.29, 1.82) is 0 Å². The first kappa shape index (κ1) is 12.7. The number of aliphatic hydroxyl groups excluding tert-OH is 2. The van der Waals surface area contributed by atoms with Gasteiger partial charge in [-0.05, 0) is 22.6 Å². The van der Waals surface area contributed by atoms with E-state index in [0.717, 1.165) is 0 Å². The van der Waals surface area contributed by atoms with Crippen molar-refractivity contribution >= 4 is 28.4 Å². The zero-order valence-corrected chi connectivity index (χ0v) is 10.9. The molecule has 3 atom stereocenters. The Morgan fingerprint density at radius 2 is 2.41 bits per heavy atom. The minimum Gasteiger partial charge on any atom is -0.394 e. The van der Waals surface area contributed by atoms with E-state index in [4.69, 9.17) is 15.6 Å². The van der Waals surface area contributed by atoms with E-state index in [1.165, 1.54) is 10.8 Å². The molecule has 7 nitrogen and oxygen atoms in total. The van der Waals surface area contributed by atoms with Crippen LogP contribution in [0.4, 0.5) is 5.82 Å². The summed E-state index contributed by atoms with van der Waals surface area (Å²) in [5, 5.41) is 18.5. The van der Waals surface area contributed by atoms with Crippen LogP contribution in [0.3, 0.4) is 0 Å². The number of hydrogen-bond acceptors (Lipinski definition) is 6. The van der Waals surface area contributed by atoms with Crippen LogP contribution in [0.2, 0.25) is 0 Å². The lowest BCUT2D eigenvalue weighted by Gasteiger charge is -2.14. The second-order valence-corrected chi connectivity index (χ2v) is 4.94. The van der Waals surface area contributed by atoms with E-state index in [0.29, 0.717) is 3.57 Å². The predicted molar refractivity (Wildman–Crippen MR) is 67.2 cm³/mol. The van der Waals surface area contributed by atoms with Crippen molar-refractivity contribution in [2.24, 2.45) is 0 Å². The Bertz CT molecular complexity index is 478. The third-order valence-electron chi connectivity index (χ3n) is 2.63. The van der Waals surface area contributed by atoms with Gasteiger partial charge in [-0.1, -0.05) is 0 Å². The molecule has 1 unspecified atom stereocenters. The minimum absolute atomic E-state index is 0.170. The van der Waals surface area contributed by atoms with Crippen molar-refractivity contribution in [3.63, 3.8) is 0 Å². The molecule has 1 aliphatic heterocycles. The van der Waals surface area contributed by atoms with E-state index in [1.807, 2.05) is 22.6 Å². The number of nitrogens with zero attached hydrogens (tertiary/aromatic N) is 2. The Kier molecular flexibility index (Phi) is 3.66. The van der Waals surface area contributed by atoms with Crippen LogP contribution in [0.5, 0.6) is 0 Å². The molecule has 2 heterocycles. The fraction of sp³-hybridized carbons (Fsp3) is 0.556. The molecule has 94 valence electrons. The van der Waals surface area contributed by atoms with Gasteiger partial charge >= 0.3 is 5.69 Å². The van der Waals surface area contributed by atoms with Crippen molar-refractivity contribution in [1.82, 2.24) is 9.55 Å². The number of aliphatic hydroxyl groups is 2. The largest absolute Gasteiger partial charge is 0.394 e. The molecule has 0 radical (unpaired) electrons. The molecule has 0 aromatic carbocycles. The lowest BCUT2D eigenvalue weighted by Crippen LogP contribution is -2.28. The van der Waals surface area contributed by atoms with Crippen molar-refractivity contribution in [3.05, 3.63) is 20.3 Å². The zero-order chi connectivity index (χ0) is 12.6. The van der Waals surface area contributed by atoms with Crippen LogP contribution in [-0.2, 0) is 4.74 Å². The first-order valence-corrected chi connectivity index (χ1v) is 6.09. The average Bonchev–Trinajstić information content (AvgIpc) is 2.65. The highest BCUT2D eigenvalue weighted by atomic mass is 127. The standard InChI is InChI=1S/C9H12IN3O4/c10-4-2-13(9(16)12-8(4)11)7-1-5(15)6(3-14)17-7/h2,5-7,14-15H,1,3H2,(H2,11,12,16)/t5-,6?,7-/m1/s1. The first-order chi connectivity index (χ1) is 8.02. The van der Waals surface area contributed by atoms with Crippen molar-refractivity contribution < 1.29 is 14.9 Å². The second-order valence-electron chi connectivity index (χ2n) is 3.78. The molecule has 8 heteroatoms. The van der Waals surface area contributed by atoms with Crippen LogP contribution in [0.15, 0.2) is 11.0 Å². The van der Waals surface area contributed by atoms with Crippen molar-refractivity contribution in [3.8, 4) is 0 Å². The summed E-state index contributed by atoms with van der Waals surface area (Å²) in [5.74, 6) is 0.170.